The van der Waals surface area contributed by atoms with Crippen molar-refractivity contribution in [3.05, 3.63) is 76.3 Å². The number of aromatic nitrogens is 1. The van der Waals surface area contributed by atoms with Crippen LogP contribution in [0.25, 0.3) is 0 Å². The van der Waals surface area contributed by atoms with Gasteiger partial charge >= 0.3 is 0 Å². The minimum Gasteiger partial charge on any atom is -0.371 e. The minimum atomic E-state index is -0.139. The molecular formula is C24H27N3O2S. The van der Waals surface area contributed by atoms with E-state index in [0.29, 0.717) is 17.4 Å². The molecule has 0 bridgehead atoms. The summed E-state index contributed by atoms with van der Waals surface area (Å²) in [6.07, 6.45) is 3.00. The van der Waals surface area contributed by atoms with Crippen molar-refractivity contribution < 1.29 is 9.53 Å². The lowest BCUT2D eigenvalue weighted by Gasteiger charge is -2.21. The average molecular weight is 422 g/mol. The zero-order valence-electron chi connectivity index (χ0n) is 17.4. The van der Waals surface area contributed by atoms with Crippen LogP contribution in [-0.2, 0) is 11.3 Å². The topological polar surface area (TPSA) is 63.2 Å². The Labute approximate surface area is 181 Å². The SMILES string of the molecule is Cc1cc(C)cc(Nc2nc(C(=O)N[C@H]3CCC[C@@H]3OCc3ccccc3)cs2)c1. The molecule has 0 unspecified atom stereocenters. The number of benzene rings is 2. The van der Waals surface area contributed by atoms with Crippen LogP contribution in [0.1, 0.15) is 46.4 Å². The van der Waals surface area contributed by atoms with Crippen LogP contribution in [-0.4, -0.2) is 23.0 Å². The molecule has 6 heteroatoms. The highest BCUT2D eigenvalue weighted by Crippen LogP contribution is 2.25. The van der Waals surface area contributed by atoms with E-state index in [2.05, 4.69) is 59.8 Å². The first-order valence-corrected chi connectivity index (χ1v) is 11.2. The molecule has 0 aliphatic heterocycles. The van der Waals surface area contributed by atoms with Crippen molar-refractivity contribution >= 4 is 28.1 Å². The largest absolute Gasteiger partial charge is 0.371 e. The Hall–Kier alpha value is -2.70. The summed E-state index contributed by atoms with van der Waals surface area (Å²) < 4.78 is 6.10. The first kappa shape index (κ1) is 20.6. The van der Waals surface area contributed by atoms with Gasteiger partial charge in [-0.05, 0) is 61.9 Å². The van der Waals surface area contributed by atoms with E-state index in [1.54, 1.807) is 5.38 Å². The molecule has 1 saturated carbocycles. The summed E-state index contributed by atoms with van der Waals surface area (Å²) in [5.41, 5.74) is 4.96. The van der Waals surface area contributed by atoms with E-state index in [1.165, 1.54) is 22.5 Å². The first-order valence-electron chi connectivity index (χ1n) is 10.3. The molecule has 5 nitrogen and oxygen atoms in total. The van der Waals surface area contributed by atoms with Crippen LogP contribution in [0.4, 0.5) is 10.8 Å². The van der Waals surface area contributed by atoms with Gasteiger partial charge in [0.15, 0.2) is 5.13 Å². The van der Waals surface area contributed by atoms with E-state index in [9.17, 15) is 4.79 Å². The van der Waals surface area contributed by atoms with Crippen LogP contribution in [0.3, 0.4) is 0 Å². The molecule has 2 N–H and O–H groups in total. The second-order valence-corrected chi connectivity index (χ2v) is 8.74. The zero-order chi connectivity index (χ0) is 20.9. The monoisotopic (exact) mass is 421 g/mol. The van der Waals surface area contributed by atoms with Crippen molar-refractivity contribution in [3.8, 4) is 0 Å². The molecule has 0 spiro atoms. The number of amides is 1. The van der Waals surface area contributed by atoms with Gasteiger partial charge in [-0.1, -0.05) is 36.4 Å². The summed E-state index contributed by atoms with van der Waals surface area (Å²) in [4.78, 5) is 17.2. The summed E-state index contributed by atoms with van der Waals surface area (Å²) in [6, 6.07) is 16.4. The Morgan fingerprint density at radius 3 is 2.67 bits per heavy atom. The highest BCUT2D eigenvalue weighted by molar-refractivity contribution is 7.14. The average Bonchev–Trinajstić information content (AvgIpc) is 3.36. The molecule has 0 radical (unpaired) electrons. The van der Waals surface area contributed by atoms with Crippen LogP contribution in [0.5, 0.6) is 0 Å². The molecule has 1 aromatic heterocycles. The number of thiazole rings is 1. The molecule has 2 aromatic carbocycles. The van der Waals surface area contributed by atoms with Gasteiger partial charge in [-0.2, -0.15) is 0 Å². The Balaban J connectivity index is 1.34. The van der Waals surface area contributed by atoms with Crippen LogP contribution in [0, 0.1) is 13.8 Å². The second kappa shape index (κ2) is 9.41. The maximum atomic E-state index is 12.7. The molecule has 1 aliphatic rings. The number of rotatable bonds is 7. The lowest BCUT2D eigenvalue weighted by atomic mass is 10.1. The number of hydrogen-bond donors (Lipinski definition) is 2. The third kappa shape index (κ3) is 5.26. The molecule has 4 rings (SSSR count). The number of nitrogens with one attached hydrogen (secondary N) is 2. The van der Waals surface area contributed by atoms with Crippen molar-refractivity contribution in [1.82, 2.24) is 10.3 Å². The van der Waals surface area contributed by atoms with Crippen molar-refractivity contribution in [2.75, 3.05) is 5.32 Å². The third-order valence-corrected chi connectivity index (χ3v) is 6.04. The summed E-state index contributed by atoms with van der Waals surface area (Å²) in [5, 5.41) is 8.95. The van der Waals surface area contributed by atoms with E-state index >= 15 is 0 Å². The van der Waals surface area contributed by atoms with E-state index in [4.69, 9.17) is 4.74 Å². The molecule has 1 heterocycles. The predicted octanol–water partition coefficient (Wildman–Crippen LogP) is 5.37. The fourth-order valence-corrected chi connectivity index (χ4v) is 4.63. The van der Waals surface area contributed by atoms with Gasteiger partial charge in [-0.15, -0.1) is 11.3 Å². The number of nitrogens with zero attached hydrogens (tertiary/aromatic N) is 1. The van der Waals surface area contributed by atoms with Gasteiger partial charge in [-0.25, -0.2) is 4.98 Å². The van der Waals surface area contributed by atoms with Gasteiger partial charge in [0.25, 0.3) is 5.91 Å². The third-order valence-electron chi connectivity index (χ3n) is 5.29. The van der Waals surface area contributed by atoms with Crippen LogP contribution < -0.4 is 10.6 Å². The fourth-order valence-electron chi connectivity index (χ4n) is 3.92. The quantitative estimate of drug-likeness (QED) is 0.538. The molecule has 0 saturated heterocycles. The molecule has 1 amide bonds. The molecule has 30 heavy (non-hydrogen) atoms. The summed E-state index contributed by atoms with van der Waals surface area (Å²) in [7, 11) is 0. The van der Waals surface area contributed by atoms with Crippen LogP contribution in [0.15, 0.2) is 53.9 Å². The van der Waals surface area contributed by atoms with E-state index in [0.717, 1.165) is 30.5 Å². The van der Waals surface area contributed by atoms with Crippen molar-refractivity contribution in [2.24, 2.45) is 0 Å². The first-order chi connectivity index (χ1) is 14.6. The molecule has 3 aromatic rings. The Kier molecular flexibility index (Phi) is 6.45. The molecule has 1 fully saturated rings. The Morgan fingerprint density at radius 2 is 1.90 bits per heavy atom. The van der Waals surface area contributed by atoms with Gasteiger partial charge in [0, 0.05) is 11.1 Å². The maximum Gasteiger partial charge on any atom is 0.271 e. The molecule has 156 valence electrons. The number of hydrogen-bond acceptors (Lipinski definition) is 5. The van der Waals surface area contributed by atoms with Gasteiger partial charge in [0.05, 0.1) is 18.8 Å². The standard InChI is InChI=1S/C24H27N3O2S/c1-16-11-17(2)13-19(12-16)25-24-27-21(15-30-24)23(28)26-20-9-6-10-22(20)29-14-18-7-4-3-5-8-18/h3-5,7-8,11-13,15,20,22H,6,9-10,14H2,1-2H3,(H,25,27)(H,26,28)/t20-,22-/m0/s1. The normalized spacial score (nSPS) is 18.3. The van der Waals surface area contributed by atoms with E-state index in [-0.39, 0.29) is 18.1 Å². The summed E-state index contributed by atoms with van der Waals surface area (Å²) in [6.45, 7) is 4.70. The van der Waals surface area contributed by atoms with E-state index in [1.807, 2.05) is 18.2 Å². The van der Waals surface area contributed by atoms with Crippen molar-refractivity contribution in [1.29, 1.82) is 0 Å². The predicted molar refractivity (Wildman–Crippen MR) is 121 cm³/mol. The van der Waals surface area contributed by atoms with Crippen LogP contribution in [0.2, 0.25) is 0 Å². The number of aryl methyl sites for hydroxylation is 2. The lowest BCUT2D eigenvalue weighted by Crippen LogP contribution is -2.41. The van der Waals surface area contributed by atoms with Gasteiger partial charge in [-0.3, -0.25) is 4.79 Å². The Morgan fingerprint density at radius 1 is 1.13 bits per heavy atom. The smallest absolute Gasteiger partial charge is 0.271 e. The Bertz CT molecular complexity index is 982. The van der Waals surface area contributed by atoms with Gasteiger partial charge in [0.2, 0.25) is 0 Å². The highest BCUT2D eigenvalue weighted by Gasteiger charge is 2.30. The summed E-state index contributed by atoms with van der Waals surface area (Å²) >= 11 is 1.44. The maximum absolute atomic E-state index is 12.7. The number of carbonyl (C=O) groups is 1. The summed E-state index contributed by atoms with van der Waals surface area (Å²) in [5.74, 6) is -0.139. The zero-order valence-corrected chi connectivity index (χ0v) is 18.2. The minimum absolute atomic E-state index is 0.0266. The molecule has 2 atom stereocenters. The second-order valence-electron chi connectivity index (χ2n) is 7.89. The van der Waals surface area contributed by atoms with Crippen LogP contribution >= 0.6 is 11.3 Å². The van der Waals surface area contributed by atoms with Crippen molar-refractivity contribution in [2.45, 2.75) is 51.9 Å². The molecular weight excluding hydrogens is 394 g/mol. The lowest BCUT2D eigenvalue weighted by molar-refractivity contribution is 0.0271. The van der Waals surface area contributed by atoms with Gasteiger partial charge < -0.3 is 15.4 Å². The van der Waals surface area contributed by atoms with Gasteiger partial charge in [0.1, 0.15) is 5.69 Å². The molecule has 1 aliphatic carbocycles. The number of carbonyl (C=O) groups excluding carboxylic acids is 1. The number of anilines is 2. The highest BCUT2D eigenvalue weighted by atomic mass is 32.1. The van der Waals surface area contributed by atoms with Crippen molar-refractivity contribution in [3.63, 3.8) is 0 Å². The number of ether oxygens (including phenoxy) is 1. The fraction of sp³-hybridized carbons (Fsp3) is 0.333. The van der Waals surface area contributed by atoms with E-state index < -0.39 is 0 Å².